The molecule has 112 valence electrons. The van der Waals surface area contributed by atoms with Crippen LogP contribution < -0.4 is 10.6 Å². The zero-order chi connectivity index (χ0) is 15.6. The second kappa shape index (κ2) is 5.80. The van der Waals surface area contributed by atoms with E-state index in [9.17, 15) is 0 Å². The summed E-state index contributed by atoms with van der Waals surface area (Å²) in [5.41, 5.74) is 11.9. The third-order valence-corrected chi connectivity index (χ3v) is 3.97. The van der Waals surface area contributed by atoms with E-state index in [1.54, 1.807) is 0 Å². The molecule has 0 aliphatic heterocycles. The van der Waals surface area contributed by atoms with Crippen molar-refractivity contribution >= 4 is 11.4 Å². The molecule has 21 heavy (non-hydrogen) atoms. The van der Waals surface area contributed by atoms with Gasteiger partial charge in [-0.25, -0.2) is 0 Å². The summed E-state index contributed by atoms with van der Waals surface area (Å²) < 4.78 is 0. The van der Waals surface area contributed by atoms with Gasteiger partial charge in [-0.1, -0.05) is 32.0 Å². The van der Waals surface area contributed by atoms with E-state index in [-0.39, 0.29) is 5.41 Å². The standard InChI is InChI=1S/C19H26N2/c1-14-10-15(2)12-18(11-14)21(5)13-19(3,4)16-6-8-17(20)9-7-16/h6-12H,13,20H2,1-5H3. The van der Waals surface area contributed by atoms with Crippen molar-refractivity contribution in [2.75, 3.05) is 24.2 Å². The topological polar surface area (TPSA) is 29.3 Å². The van der Waals surface area contributed by atoms with Gasteiger partial charge in [0.15, 0.2) is 0 Å². The van der Waals surface area contributed by atoms with Crippen molar-refractivity contribution in [3.8, 4) is 0 Å². The third kappa shape index (κ3) is 3.78. The summed E-state index contributed by atoms with van der Waals surface area (Å²) in [6.45, 7) is 9.81. The number of nitrogen functional groups attached to an aromatic ring is 1. The molecule has 0 unspecified atom stereocenters. The minimum absolute atomic E-state index is 0.0695. The normalized spacial score (nSPS) is 11.5. The molecule has 0 spiro atoms. The Balaban J connectivity index is 2.20. The number of aryl methyl sites for hydroxylation is 2. The highest BCUT2D eigenvalue weighted by molar-refractivity contribution is 5.51. The zero-order valence-corrected chi connectivity index (χ0v) is 13.8. The van der Waals surface area contributed by atoms with E-state index >= 15 is 0 Å². The largest absolute Gasteiger partial charge is 0.399 e. The van der Waals surface area contributed by atoms with Crippen LogP contribution in [0, 0.1) is 13.8 Å². The molecule has 0 amide bonds. The van der Waals surface area contributed by atoms with Crippen LogP contribution in [0.25, 0.3) is 0 Å². The van der Waals surface area contributed by atoms with Gasteiger partial charge in [0, 0.05) is 30.4 Å². The SMILES string of the molecule is Cc1cc(C)cc(N(C)CC(C)(C)c2ccc(N)cc2)c1. The number of benzene rings is 2. The molecule has 0 saturated heterocycles. The molecule has 2 heteroatoms. The molecule has 0 saturated carbocycles. The van der Waals surface area contributed by atoms with Gasteiger partial charge in [-0.3, -0.25) is 0 Å². The number of likely N-dealkylation sites (N-methyl/N-ethyl adjacent to an activating group) is 1. The first-order valence-corrected chi connectivity index (χ1v) is 7.43. The van der Waals surface area contributed by atoms with E-state index in [1.165, 1.54) is 22.4 Å². The molecule has 0 atom stereocenters. The van der Waals surface area contributed by atoms with Crippen molar-refractivity contribution in [2.24, 2.45) is 0 Å². The Morgan fingerprint density at radius 2 is 1.48 bits per heavy atom. The Kier molecular flexibility index (Phi) is 4.26. The molecule has 0 bridgehead atoms. The van der Waals surface area contributed by atoms with Crippen molar-refractivity contribution in [3.63, 3.8) is 0 Å². The molecular weight excluding hydrogens is 256 g/mol. The molecule has 0 aromatic heterocycles. The molecule has 0 fully saturated rings. The summed E-state index contributed by atoms with van der Waals surface area (Å²) in [6.07, 6.45) is 0. The molecule has 2 aromatic rings. The van der Waals surface area contributed by atoms with Crippen LogP contribution >= 0.6 is 0 Å². The fourth-order valence-corrected chi connectivity index (χ4v) is 2.88. The van der Waals surface area contributed by atoms with Crippen molar-refractivity contribution in [1.82, 2.24) is 0 Å². The number of nitrogens with zero attached hydrogens (tertiary/aromatic N) is 1. The highest BCUT2D eigenvalue weighted by Crippen LogP contribution is 2.27. The first-order chi connectivity index (χ1) is 9.78. The average molecular weight is 282 g/mol. The minimum Gasteiger partial charge on any atom is -0.399 e. The highest BCUT2D eigenvalue weighted by atomic mass is 15.1. The Hall–Kier alpha value is -1.96. The summed E-state index contributed by atoms with van der Waals surface area (Å²) in [6, 6.07) is 14.9. The van der Waals surface area contributed by atoms with E-state index in [1.807, 2.05) is 12.1 Å². The van der Waals surface area contributed by atoms with Gasteiger partial charge >= 0.3 is 0 Å². The van der Waals surface area contributed by atoms with Crippen LogP contribution in [0.15, 0.2) is 42.5 Å². The van der Waals surface area contributed by atoms with Gasteiger partial charge < -0.3 is 10.6 Å². The molecule has 0 aliphatic rings. The molecule has 0 radical (unpaired) electrons. The number of nitrogens with two attached hydrogens (primary N) is 1. The van der Waals surface area contributed by atoms with Crippen LogP contribution in [0.3, 0.4) is 0 Å². The quantitative estimate of drug-likeness (QED) is 0.847. The maximum absolute atomic E-state index is 5.79. The Bertz CT molecular complexity index is 592. The van der Waals surface area contributed by atoms with Crippen LogP contribution in [-0.4, -0.2) is 13.6 Å². The van der Waals surface area contributed by atoms with Crippen molar-refractivity contribution in [3.05, 3.63) is 59.2 Å². The van der Waals surface area contributed by atoms with E-state index in [0.29, 0.717) is 0 Å². The van der Waals surface area contributed by atoms with E-state index in [2.05, 4.69) is 70.0 Å². The summed E-state index contributed by atoms with van der Waals surface area (Å²) in [4.78, 5) is 2.33. The zero-order valence-electron chi connectivity index (χ0n) is 13.8. The van der Waals surface area contributed by atoms with Gasteiger partial charge in [0.2, 0.25) is 0 Å². The molecule has 0 aliphatic carbocycles. The van der Waals surface area contributed by atoms with Gasteiger partial charge in [0.1, 0.15) is 0 Å². The van der Waals surface area contributed by atoms with Crippen molar-refractivity contribution < 1.29 is 0 Å². The van der Waals surface area contributed by atoms with Gasteiger partial charge in [-0.05, 0) is 54.8 Å². The first kappa shape index (κ1) is 15.4. The second-order valence-corrected chi connectivity index (χ2v) is 6.71. The number of hydrogen-bond acceptors (Lipinski definition) is 2. The number of anilines is 2. The summed E-state index contributed by atoms with van der Waals surface area (Å²) in [7, 11) is 2.16. The molecular formula is C19H26N2. The summed E-state index contributed by atoms with van der Waals surface area (Å²) >= 11 is 0. The summed E-state index contributed by atoms with van der Waals surface area (Å²) in [5, 5.41) is 0. The Labute approximate surface area is 128 Å². The first-order valence-electron chi connectivity index (χ1n) is 7.43. The van der Waals surface area contributed by atoms with Gasteiger partial charge in [0.25, 0.3) is 0 Å². The third-order valence-electron chi connectivity index (χ3n) is 3.97. The molecule has 2 N–H and O–H groups in total. The average Bonchev–Trinajstić information content (AvgIpc) is 2.37. The van der Waals surface area contributed by atoms with Crippen molar-refractivity contribution in [2.45, 2.75) is 33.1 Å². The van der Waals surface area contributed by atoms with Gasteiger partial charge in [-0.2, -0.15) is 0 Å². The highest BCUT2D eigenvalue weighted by Gasteiger charge is 2.22. The van der Waals surface area contributed by atoms with E-state index < -0.39 is 0 Å². The lowest BCUT2D eigenvalue weighted by atomic mass is 9.84. The van der Waals surface area contributed by atoms with Crippen LogP contribution in [0.1, 0.15) is 30.5 Å². The smallest absolute Gasteiger partial charge is 0.0369 e. The number of rotatable bonds is 4. The predicted molar refractivity (Wildman–Crippen MR) is 93.1 cm³/mol. The van der Waals surface area contributed by atoms with Crippen molar-refractivity contribution in [1.29, 1.82) is 0 Å². The predicted octanol–water partition coefficient (Wildman–Crippen LogP) is 4.30. The van der Waals surface area contributed by atoms with Gasteiger partial charge in [0.05, 0.1) is 0 Å². The van der Waals surface area contributed by atoms with Crippen LogP contribution in [0.5, 0.6) is 0 Å². The minimum atomic E-state index is 0.0695. The fraction of sp³-hybridized carbons (Fsp3) is 0.368. The molecule has 2 aromatic carbocycles. The second-order valence-electron chi connectivity index (χ2n) is 6.71. The van der Waals surface area contributed by atoms with Crippen LogP contribution in [-0.2, 0) is 5.41 Å². The Morgan fingerprint density at radius 1 is 0.952 bits per heavy atom. The molecule has 0 heterocycles. The van der Waals surface area contributed by atoms with Gasteiger partial charge in [-0.15, -0.1) is 0 Å². The maximum atomic E-state index is 5.79. The molecule has 2 nitrogen and oxygen atoms in total. The molecule has 2 rings (SSSR count). The lowest BCUT2D eigenvalue weighted by Gasteiger charge is -2.32. The van der Waals surface area contributed by atoms with Crippen LogP contribution in [0.2, 0.25) is 0 Å². The Morgan fingerprint density at radius 3 is 2.00 bits per heavy atom. The lowest BCUT2D eigenvalue weighted by Crippen LogP contribution is -2.34. The maximum Gasteiger partial charge on any atom is 0.0369 e. The number of hydrogen-bond donors (Lipinski definition) is 1. The van der Waals surface area contributed by atoms with E-state index in [4.69, 9.17) is 5.73 Å². The fourth-order valence-electron chi connectivity index (χ4n) is 2.88. The monoisotopic (exact) mass is 282 g/mol. The summed E-state index contributed by atoms with van der Waals surface area (Å²) in [5.74, 6) is 0. The van der Waals surface area contributed by atoms with Crippen LogP contribution in [0.4, 0.5) is 11.4 Å². The lowest BCUT2D eigenvalue weighted by molar-refractivity contribution is 0.524. The van der Waals surface area contributed by atoms with E-state index in [0.717, 1.165) is 12.2 Å².